The van der Waals surface area contributed by atoms with E-state index in [0.717, 1.165) is 55.1 Å². The summed E-state index contributed by atoms with van der Waals surface area (Å²) < 4.78 is 0. The van der Waals surface area contributed by atoms with Crippen LogP contribution >= 0.6 is 0 Å². The summed E-state index contributed by atoms with van der Waals surface area (Å²) in [5.41, 5.74) is 3.04. The fourth-order valence-corrected chi connectivity index (χ4v) is 4.17. The fourth-order valence-electron chi connectivity index (χ4n) is 4.17. The molecule has 1 aromatic carbocycles. The van der Waals surface area contributed by atoms with Gasteiger partial charge in [0.05, 0.1) is 0 Å². The van der Waals surface area contributed by atoms with Crippen LogP contribution in [0.2, 0.25) is 0 Å². The standard InChI is InChI=1S/C19H24N2O2.4ClH.Ir/c1-14-10-15(2)18(16(3)11-14)21-9-8-20(17-6-4-5-7-17)19(21,12-22)13-23;;;;;/h8-13,17H,4-7H2,1-3H3;4*1H;/p-4. The Morgan fingerprint density at radius 3 is 1.79 bits per heavy atom. The average molecular weight is 646 g/mol. The molecule has 3 rings (SSSR count). The molecule has 1 aromatic rings. The first kappa shape index (κ1) is 32.4. The van der Waals surface area contributed by atoms with E-state index in [-0.39, 0.29) is 75.8 Å². The van der Waals surface area contributed by atoms with Gasteiger partial charge in [0.15, 0.2) is 12.6 Å². The van der Waals surface area contributed by atoms with Crippen LogP contribution in [0.3, 0.4) is 0 Å². The summed E-state index contributed by atoms with van der Waals surface area (Å²) in [5.74, 6) is 0. The van der Waals surface area contributed by atoms with Gasteiger partial charge in [0.2, 0.25) is 5.66 Å². The maximum Gasteiger partial charge on any atom is 0.231 e. The van der Waals surface area contributed by atoms with Gasteiger partial charge in [-0.25, -0.2) is 0 Å². The number of aldehydes is 2. The van der Waals surface area contributed by atoms with Crippen LogP contribution in [0.4, 0.5) is 5.69 Å². The molecule has 0 saturated heterocycles. The molecule has 0 bridgehead atoms. The van der Waals surface area contributed by atoms with Gasteiger partial charge in [-0.1, -0.05) is 30.5 Å². The van der Waals surface area contributed by atoms with E-state index in [1.54, 1.807) is 0 Å². The molecule has 1 saturated carbocycles. The molecule has 0 spiro atoms. The largest absolute Gasteiger partial charge is 1.00 e. The normalized spacial score (nSPS) is 16.7. The quantitative estimate of drug-likeness (QED) is 0.241. The molecule has 1 heterocycles. The molecule has 2 aliphatic rings. The molecule has 4 nitrogen and oxygen atoms in total. The van der Waals surface area contributed by atoms with E-state index in [1.807, 2.05) is 36.0 Å². The number of aryl methyl sites for hydroxylation is 3. The molecule has 163 valence electrons. The van der Waals surface area contributed by atoms with Crippen LogP contribution in [-0.2, 0) is 29.7 Å². The fraction of sp³-hybridized carbons (Fsp3) is 0.474. The molecule has 1 radical (unpaired) electrons. The Morgan fingerprint density at radius 2 is 1.36 bits per heavy atom. The van der Waals surface area contributed by atoms with Gasteiger partial charge in [-0.15, -0.1) is 0 Å². The molecule has 1 aliphatic carbocycles. The van der Waals surface area contributed by atoms with E-state index in [4.69, 9.17) is 0 Å². The van der Waals surface area contributed by atoms with Crippen molar-refractivity contribution in [2.24, 2.45) is 0 Å². The summed E-state index contributed by atoms with van der Waals surface area (Å²) in [4.78, 5) is 27.9. The third kappa shape index (κ3) is 5.44. The van der Waals surface area contributed by atoms with E-state index in [1.165, 1.54) is 5.56 Å². The monoisotopic (exact) mass is 645 g/mol. The third-order valence-electron chi connectivity index (χ3n) is 5.12. The van der Waals surface area contributed by atoms with Crippen LogP contribution in [-0.4, -0.2) is 29.2 Å². The maximum atomic E-state index is 12.0. The molecule has 0 atom stereocenters. The summed E-state index contributed by atoms with van der Waals surface area (Å²) >= 11 is 0. The summed E-state index contributed by atoms with van der Waals surface area (Å²) in [5, 5.41) is 0. The molecule has 1 aliphatic heterocycles. The van der Waals surface area contributed by atoms with Crippen LogP contribution in [0.5, 0.6) is 0 Å². The molecule has 0 N–H and O–H groups in total. The van der Waals surface area contributed by atoms with Crippen molar-refractivity contribution in [3.05, 3.63) is 41.2 Å². The van der Waals surface area contributed by atoms with Crippen LogP contribution < -0.4 is 54.5 Å². The second kappa shape index (κ2) is 13.1. The predicted molar refractivity (Wildman–Crippen MR) is 91.2 cm³/mol. The van der Waals surface area contributed by atoms with Crippen molar-refractivity contribution >= 4 is 18.3 Å². The molecular formula is C19H24Cl4IrN2O2-4. The summed E-state index contributed by atoms with van der Waals surface area (Å²) in [7, 11) is 0. The number of hydrogen-bond acceptors (Lipinski definition) is 4. The Bertz CT molecular complexity index is 651. The van der Waals surface area contributed by atoms with Crippen molar-refractivity contribution in [2.45, 2.75) is 58.2 Å². The Balaban J connectivity index is -0.00000125. The van der Waals surface area contributed by atoms with Gasteiger partial charge in [-0.3, -0.25) is 9.59 Å². The second-order valence-corrected chi connectivity index (χ2v) is 6.78. The second-order valence-electron chi connectivity index (χ2n) is 6.78. The number of benzene rings is 1. The molecular weight excluding hydrogens is 622 g/mol. The first-order chi connectivity index (χ1) is 11.0. The van der Waals surface area contributed by atoms with E-state index < -0.39 is 5.66 Å². The van der Waals surface area contributed by atoms with E-state index in [0.29, 0.717) is 0 Å². The number of rotatable bonds is 4. The average Bonchev–Trinajstić information content (AvgIpc) is 3.13. The number of hydrogen-bond donors (Lipinski definition) is 0. The number of carbonyl (C=O) groups is 2. The van der Waals surface area contributed by atoms with Crippen molar-refractivity contribution in [2.75, 3.05) is 4.90 Å². The Morgan fingerprint density at radius 1 is 0.893 bits per heavy atom. The smallest absolute Gasteiger partial charge is 0.231 e. The predicted octanol–water partition coefficient (Wildman–Crippen LogP) is -8.74. The molecule has 0 unspecified atom stereocenters. The minimum atomic E-state index is -1.25. The number of anilines is 1. The molecule has 0 amide bonds. The zero-order valence-electron chi connectivity index (χ0n) is 15.9. The van der Waals surface area contributed by atoms with Crippen molar-refractivity contribution < 1.29 is 79.3 Å². The summed E-state index contributed by atoms with van der Waals surface area (Å²) in [6, 6.07) is 4.45. The zero-order chi connectivity index (χ0) is 16.6. The van der Waals surface area contributed by atoms with E-state index in [2.05, 4.69) is 19.1 Å². The van der Waals surface area contributed by atoms with Crippen LogP contribution in [0, 0.1) is 20.8 Å². The van der Waals surface area contributed by atoms with Gasteiger partial charge in [0.25, 0.3) is 0 Å². The van der Waals surface area contributed by atoms with Crippen LogP contribution in [0.25, 0.3) is 0 Å². The van der Waals surface area contributed by atoms with Gasteiger partial charge in [-0.05, 0) is 44.7 Å². The number of nitrogens with zero attached hydrogens (tertiary/aromatic N) is 2. The first-order valence-corrected chi connectivity index (χ1v) is 8.30. The number of halogens is 4. The summed E-state index contributed by atoms with van der Waals surface area (Å²) in [6.07, 6.45) is 9.76. The van der Waals surface area contributed by atoms with Crippen LogP contribution in [0.1, 0.15) is 42.4 Å². The van der Waals surface area contributed by atoms with Crippen molar-refractivity contribution in [3.63, 3.8) is 0 Å². The number of carbonyl (C=O) groups excluding carboxylic acids is 2. The molecule has 1 fully saturated rings. The minimum absolute atomic E-state index is 0. The molecule has 9 heteroatoms. The summed E-state index contributed by atoms with van der Waals surface area (Å²) in [6.45, 7) is 6.12. The molecule has 28 heavy (non-hydrogen) atoms. The topological polar surface area (TPSA) is 40.6 Å². The van der Waals surface area contributed by atoms with E-state index >= 15 is 0 Å². The van der Waals surface area contributed by atoms with Gasteiger partial charge < -0.3 is 59.4 Å². The van der Waals surface area contributed by atoms with Crippen molar-refractivity contribution in [1.82, 2.24) is 4.90 Å². The molecule has 0 aromatic heterocycles. The zero-order valence-corrected chi connectivity index (χ0v) is 21.3. The van der Waals surface area contributed by atoms with Gasteiger partial charge in [-0.2, -0.15) is 0 Å². The van der Waals surface area contributed by atoms with Gasteiger partial charge in [0.1, 0.15) is 0 Å². The third-order valence-corrected chi connectivity index (χ3v) is 5.12. The Hall–Kier alpha value is -0.291. The van der Waals surface area contributed by atoms with Crippen molar-refractivity contribution in [3.8, 4) is 0 Å². The maximum absolute atomic E-state index is 12.0. The Kier molecular flexibility index (Phi) is 15.1. The van der Waals surface area contributed by atoms with Gasteiger partial charge in [0, 0.05) is 44.2 Å². The minimum Gasteiger partial charge on any atom is -1.00 e. The van der Waals surface area contributed by atoms with Crippen molar-refractivity contribution in [1.29, 1.82) is 0 Å². The Labute approximate surface area is 205 Å². The first-order valence-electron chi connectivity index (χ1n) is 8.30. The van der Waals surface area contributed by atoms with E-state index in [9.17, 15) is 9.59 Å². The SMILES string of the molecule is Cc1cc(C)c(N2C=CN(C3CCCC3)C2(C=O)C=O)c(C)c1.[Cl-].[Cl-].[Cl-].[Cl-].[Ir]. The van der Waals surface area contributed by atoms with Crippen LogP contribution in [0.15, 0.2) is 24.5 Å². The van der Waals surface area contributed by atoms with Gasteiger partial charge >= 0.3 is 0 Å².